The molecule has 0 unspecified atom stereocenters. The summed E-state index contributed by atoms with van der Waals surface area (Å²) >= 11 is 0. The van der Waals surface area contributed by atoms with Crippen LogP contribution in [0.2, 0.25) is 0 Å². The maximum Gasteiger partial charge on any atom is 0.236 e. The number of benzene rings is 1. The lowest BCUT2D eigenvalue weighted by Gasteiger charge is -2.29. The molecule has 2 amide bonds. The quantitative estimate of drug-likeness (QED) is 0.827. The maximum absolute atomic E-state index is 12.4. The van der Waals surface area contributed by atoms with Crippen molar-refractivity contribution in [1.82, 2.24) is 9.80 Å². The fourth-order valence-corrected chi connectivity index (χ4v) is 3.02. The van der Waals surface area contributed by atoms with E-state index in [1.807, 2.05) is 35.2 Å². The van der Waals surface area contributed by atoms with Gasteiger partial charge in [-0.2, -0.15) is 0 Å². The first kappa shape index (κ1) is 16.5. The van der Waals surface area contributed by atoms with Crippen LogP contribution in [0.25, 0.3) is 0 Å². The second kappa shape index (κ2) is 7.94. The predicted molar refractivity (Wildman–Crippen MR) is 85.9 cm³/mol. The van der Waals surface area contributed by atoms with Crippen LogP contribution in [0.3, 0.4) is 0 Å². The van der Waals surface area contributed by atoms with Crippen LogP contribution in [-0.4, -0.2) is 47.8 Å². The van der Waals surface area contributed by atoms with Crippen molar-refractivity contribution in [2.45, 2.75) is 38.3 Å². The Morgan fingerprint density at radius 1 is 1.14 bits per heavy atom. The summed E-state index contributed by atoms with van der Waals surface area (Å²) in [5.41, 5.74) is 6.43. The van der Waals surface area contributed by atoms with Crippen molar-refractivity contribution in [1.29, 1.82) is 0 Å². The average Bonchev–Trinajstić information content (AvgIpc) is 3.01. The molecule has 1 fully saturated rings. The zero-order valence-electron chi connectivity index (χ0n) is 13.2. The molecule has 0 aliphatic heterocycles. The molecule has 0 spiro atoms. The third kappa shape index (κ3) is 4.84. The monoisotopic (exact) mass is 303 g/mol. The third-order valence-corrected chi connectivity index (χ3v) is 4.23. The molecular weight excluding hydrogens is 278 g/mol. The normalized spacial score (nSPS) is 15.2. The first-order valence-corrected chi connectivity index (χ1v) is 7.86. The molecule has 2 N–H and O–H groups in total. The topological polar surface area (TPSA) is 66.6 Å². The molecule has 0 radical (unpaired) electrons. The van der Waals surface area contributed by atoms with E-state index in [1.54, 1.807) is 11.9 Å². The van der Waals surface area contributed by atoms with Crippen molar-refractivity contribution in [3.8, 4) is 0 Å². The number of amides is 2. The van der Waals surface area contributed by atoms with E-state index in [0.29, 0.717) is 12.6 Å². The Hall–Kier alpha value is -1.88. The minimum Gasteiger partial charge on any atom is -0.369 e. The number of rotatable bonds is 7. The van der Waals surface area contributed by atoms with E-state index >= 15 is 0 Å². The predicted octanol–water partition coefficient (Wildman–Crippen LogP) is 1.37. The van der Waals surface area contributed by atoms with Gasteiger partial charge in [0.05, 0.1) is 13.1 Å². The molecule has 22 heavy (non-hydrogen) atoms. The molecule has 120 valence electrons. The molecule has 1 saturated carbocycles. The zero-order valence-corrected chi connectivity index (χ0v) is 13.2. The van der Waals surface area contributed by atoms with Crippen molar-refractivity contribution in [2.75, 3.05) is 20.1 Å². The van der Waals surface area contributed by atoms with Gasteiger partial charge in [-0.25, -0.2) is 0 Å². The highest BCUT2D eigenvalue weighted by molar-refractivity contribution is 5.80. The van der Waals surface area contributed by atoms with Gasteiger partial charge >= 0.3 is 0 Å². The molecule has 1 aromatic rings. The number of primary amides is 1. The fourth-order valence-electron chi connectivity index (χ4n) is 3.02. The molecule has 2 rings (SSSR count). The summed E-state index contributed by atoms with van der Waals surface area (Å²) < 4.78 is 0. The van der Waals surface area contributed by atoms with E-state index in [0.717, 1.165) is 31.2 Å². The van der Waals surface area contributed by atoms with E-state index in [1.165, 1.54) is 0 Å². The first-order valence-electron chi connectivity index (χ1n) is 7.86. The van der Waals surface area contributed by atoms with E-state index in [-0.39, 0.29) is 24.9 Å². The van der Waals surface area contributed by atoms with Gasteiger partial charge in [-0.1, -0.05) is 43.2 Å². The lowest BCUT2D eigenvalue weighted by Crippen LogP contribution is -2.46. The highest BCUT2D eigenvalue weighted by atomic mass is 16.2. The van der Waals surface area contributed by atoms with E-state index in [4.69, 9.17) is 5.73 Å². The van der Waals surface area contributed by atoms with Crippen LogP contribution in [0, 0.1) is 0 Å². The Balaban J connectivity index is 1.92. The second-order valence-electron chi connectivity index (χ2n) is 6.04. The van der Waals surface area contributed by atoms with E-state index in [2.05, 4.69) is 0 Å². The van der Waals surface area contributed by atoms with E-state index in [9.17, 15) is 9.59 Å². The first-order chi connectivity index (χ1) is 10.6. The van der Waals surface area contributed by atoms with Gasteiger partial charge in [-0.05, 0) is 18.4 Å². The Bertz CT molecular complexity index is 498. The van der Waals surface area contributed by atoms with Crippen LogP contribution in [0.1, 0.15) is 31.2 Å². The molecule has 0 bridgehead atoms. The van der Waals surface area contributed by atoms with Crippen LogP contribution in [0.15, 0.2) is 30.3 Å². The number of nitrogens with two attached hydrogens (primary N) is 1. The summed E-state index contributed by atoms with van der Waals surface area (Å²) in [6.07, 6.45) is 4.41. The molecule has 5 nitrogen and oxygen atoms in total. The minimum absolute atomic E-state index is 0.0250. The minimum atomic E-state index is -0.370. The van der Waals surface area contributed by atoms with Gasteiger partial charge in [-0.3, -0.25) is 14.5 Å². The molecule has 1 aliphatic carbocycles. The van der Waals surface area contributed by atoms with Gasteiger partial charge < -0.3 is 10.6 Å². The van der Waals surface area contributed by atoms with Gasteiger partial charge in [0.1, 0.15) is 0 Å². The molecule has 0 saturated heterocycles. The number of nitrogens with zero attached hydrogens (tertiary/aromatic N) is 2. The third-order valence-electron chi connectivity index (χ3n) is 4.23. The molecular formula is C17H25N3O2. The Labute approximate surface area is 132 Å². The van der Waals surface area contributed by atoms with Gasteiger partial charge in [0.2, 0.25) is 11.8 Å². The molecule has 0 atom stereocenters. The smallest absolute Gasteiger partial charge is 0.236 e. The fraction of sp³-hybridized carbons (Fsp3) is 0.529. The molecule has 5 heteroatoms. The summed E-state index contributed by atoms with van der Waals surface area (Å²) in [7, 11) is 1.80. The molecule has 0 aromatic heterocycles. The highest BCUT2D eigenvalue weighted by Gasteiger charge is 2.26. The average molecular weight is 303 g/mol. The second-order valence-corrected chi connectivity index (χ2v) is 6.04. The van der Waals surface area contributed by atoms with Crippen molar-refractivity contribution in [3.05, 3.63) is 35.9 Å². The Morgan fingerprint density at radius 2 is 1.77 bits per heavy atom. The van der Waals surface area contributed by atoms with Crippen LogP contribution in [-0.2, 0) is 16.1 Å². The van der Waals surface area contributed by atoms with E-state index < -0.39 is 0 Å². The van der Waals surface area contributed by atoms with Gasteiger partial charge in [0.25, 0.3) is 0 Å². The standard InChI is InChI=1S/C17H25N3O2/c1-19(11-14-7-3-2-4-8-14)17(22)13-20(12-16(18)21)15-9-5-6-10-15/h2-4,7-8,15H,5-6,9-13H2,1H3,(H2,18,21). The summed E-state index contributed by atoms with van der Waals surface area (Å²) in [6.45, 7) is 1.00. The van der Waals surface area contributed by atoms with Crippen molar-refractivity contribution in [3.63, 3.8) is 0 Å². The lowest BCUT2D eigenvalue weighted by atomic mass is 10.2. The van der Waals surface area contributed by atoms with Crippen molar-refractivity contribution < 1.29 is 9.59 Å². The molecule has 0 heterocycles. The Morgan fingerprint density at radius 3 is 2.36 bits per heavy atom. The zero-order chi connectivity index (χ0) is 15.9. The maximum atomic E-state index is 12.4. The largest absolute Gasteiger partial charge is 0.369 e. The highest BCUT2D eigenvalue weighted by Crippen LogP contribution is 2.23. The summed E-state index contributed by atoms with van der Waals surface area (Å²) in [4.78, 5) is 27.3. The van der Waals surface area contributed by atoms with Crippen LogP contribution < -0.4 is 5.73 Å². The summed E-state index contributed by atoms with van der Waals surface area (Å²) in [5.74, 6) is -0.345. The number of carbonyl (C=O) groups excluding carboxylic acids is 2. The van der Waals surface area contributed by atoms with Crippen molar-refractivity contribution >= 4 is 11.8 Å². The molecule has 1 aliphatic rings. The molecule has 1 aromatic carbocycles. The summed E-state index contributed by atoms with van der Waals surface area (Å²) in [6, 6.07) is 10.2. The number of hydrogen-bond donors (Lipinski definition) is 1. The van der Waals surface area contributed by atoms with Gasteiger partial charge in [0.15, 0.2) is 0 Å². The van der Waals surface area contributed by atoms with Gasteiger partial charge in [-0.15, -0.1) is 0 Å². The lowest BCUT2D eigenvalue weighted by molar-refractivity contribution is -0.133. The van der Waals surface area contributed by atoms with Crippen LogP contribution in [0.5, 0.6) is 0 Å². The number of carbonyl (C=O) groups is 2. The van der Waals surface area contributed by atoms with Crippen molar-refractivity contribution in [2.24, 2.45) is 5.73 Å². The number of hydrogen-bond acceptors (Lipinski definition) is 3. The summed E-state index contributed by atoms with van der Waals surface area (Å²) in [5, 5.41) is 0. The van der Waals surface area contributed by atoms with Gasteiger partial charge in [0, 0.05) is 19.6 Å². The SMILES string of the molecule is CN(Cc1ccccc1)C(=O)CN(CC(N)=O)C1CCCC1. The van der Waals surface area contributed by atoms with Crippen LogP contribution in [0.4, 0.5) is 0 Å². The van der Waals surface area contributed by atoms with Crippen LogP contribution >= 0.6 is 0 Å². The number of likely N-dealkylation sites (N-methyl/N-ethyl adjacent to an activating group) is 1. The Kier molecular flexibility index (Phi) is 5.95.